The van der Waals surface area contributed by atoms with E-state index in [1.807, 2.05) is 0 Å². The Balaban J connectivity index is 1.40. The predicted molar refractivity (Wildman–Crippen MR) is 106 cm³/mol. The lowest BCUT2D eigenvalue weighted by Gasteiger charge is -2.39. The van der Waals surface area contributed by atoms with Gasteiger partial charge in [0.15, 0.2) is 0 Å². The molecule has 2 aromatic rings. The molecular formula is C22H26BrN. The topological polar surface area (TPSA) is 3.24 Å². The summed E-state index contributed by atoms with van der Waals surface area (Å²) in [5.74, 6) is 1.39. The van der Waals surface area contributed by atoms with Gasteiger partial charge in [-0.1, -0.05) is 70.5 Å². The molecule has 126 valence electrons. The molecule has 0 unspecified atom stereocenters. The minimum atomic E-state index is 0.676. The summed E-state index contributed by atoms with van der Waals surface area (Å²) in [5.41, 5.74) is 4.27. The van der Waals surface area contributed by atoms with Gasteiger partial charge in [0.25, 0.3) is 0 Å². The minimum absolute atomic E-state index is 0.676. The second-order valence-electron chi connectivity index (χ2n) is 7.05. The predicted octanol–water partition coefficient (Wildman–Crippen LogP) is 5.71. The summed E-state index contributed by atoms with van der Waals surface area (Å²) >= 11 is 3.50. The van der Waals surface area contributed by atoms with Crippen molar-refractivity contribution in [1.82, 2.24) is 4.90 Å². The molecule has 0 saturated heterocycles. The third kappa shape index (κ3) is 4.58. The lowest BCUT2D eigenvalue weighted by Crippen LogP contribution is -2.32. The van der Waals surface area contributed by atoms with Gasteiger partial charge in [-0.25, -0.2) is 0 Å². The van der Waals surface area contributed by atoms with Crippen LogP contribution in [-0.2, 0) is 13.0 Å². The highest BCUT2D eigenvalue weighted by Gasteiger charge is 2.33. The number of hydrogen-bond acceptors (Lipinski definition) is 1. The smallest absolute Gasteiger partial charge is 0.0230 e. The van der Waals surface area contributed by atoms with Gasteiger partial charge in [-0.3, -0.25) is 0 Å². The van der Waals surface area contributed by atoms with E-state index >= 15 is 0 Å². The van der Waals surface area contributed by atoms with E-state index in [-0.39, 0.29) is 0 Å². The third-order valence-electron chi connectivity index (χ3n) is 5.17. The summed E-state index contributed by atoms with van der Waals surface area (Å²) in [5, 5.41) is 0. The first-order chi connectivity index (χ1) is 11.6. The van der Waals surface area contributed by atoms with Gasteiger partial charge in [-0.15, -0.1) is 0 Å². The van der Waals surface area contributed by atoms with Crippen molar-refractivity contribution in [2.45, 2.75) is 25.8 Å². The number of allylic oxidation sites excluding steroid dienone is 1. The highest BCUT2D eigenvalue weighted by Crippen LogP contribution is 2.42. The van der Waals surface area contributed by atoms with Gasteiger partial charge in [-0.2, -0.15) is 0 Å². The second-order valence-corrected chi connectivity index (χ2v) is 7.96. The van der Waals surface area contributed by atoms with E-state index in [9.17, 15) is 0 Å². The van der Waals surface area contributed by atoms with Crippen molar-refractivity contribution < 1.29 is 0 Å². The molecule has 1 aliphatic rings. The molecule has 2 heteroatoms. The Labute approximate surface area is 154 Å². The molecule has 3 rings (SSSR count). The van der Waals surface area contributed by atoms with Crippen LogP contribution in [0.2, 0.25) is 0 Å². The summed E-state index contributed by atoms with van der Waals surface area (Å²) in [6.45, 7) is 6.54. The maximum absolute atomic E-state index is 4.37. The third-order valence-corrected chi connectivity index (χ3v) is 5.70. The van der Waals surface area contributed by atoms with Crippen LogP contribution in [0, 0.1) is 11.8 Å². The van der Waals surface area contributed by atoms with E-state index in [1.54, 1.807) is 0 Å². The van der Waals surface area contributed by atoms with Gasteiger partial charge in [0.1, 0.15) is 0 Å². The zero-order valence-corrected chi connectivity index (χ0v) is 16.0. The summed E-state index contributed by atoms with van der Waals surface area (Å²) in [6, 6.07) is 19.4. The molecule has 24 heavy (non-hydrogen) atoms. The van der Waals surface area contributed by atoms with Crippen molar-refractivity contribution in [2.24, 2.45) is 11.8 Å². The molecule has 1 nitrogen and oxygen atoms in total. The number of nitrogens with zero attached hydrogens (tertiary/aromatic N) is 1. The van der Waals surface area contributed by atoms with Crippen LogP contribution >= 0.6 is 15.9 Å². The maximum atomic E-state index is 4.37. The van der Waals surface area contributed by atoms with Gasteiger partial charge < -0.3 is 4.90 Å². The Bertz CT molecular complexity index is 662. The van der Waals surface area contributed by atoms with E-state index < -0.39 is 0 Å². The molecule has 1 saturated carbocycles. The van der Waals surface area contributed by atoms with Crippen molar-refractivity contribution in [3.8, 4) is 0 Å². The largest absolute Gasteiger partial charge is 0.302 e. The average molecular weight is 384 g/mol. The average Bonchev–Trinajstić information content (AvgIpc) is 2.59. The van der Waals surface area contributed by atoms with Gasteiger partial charge in [0.2, 0.25) is 0 Å². The van der Waals surface area contributed by atoms with Crippen LogP contribution in [0.5, 0.6) is 0 Å². The Kier molecular flexibility index (Phi) is 5.91. The van der Waals surface area contributed by atoms with Crippen LogP contribution in [0.15, 0.2) is 71.2 Å². The Morgan fingerprint density at radius 1 is 1.00 bits per heavy atom. The van der Waals surface area contributed by atoms with Crippen molar-refractivity contribution in [2.75, 3.05) is 13.6 Å². The van der Waals surface area contributed by atoms with E-state index in [4.69, 9.17) is 0 Å². The molecule has 0 heterocycles. The van der Waals surface area contributed by atoms with E-state index in [2.05, 4.69) is 89.1 Å². The highest BCUT2D eigenvalue weighted by molar-refractivity contribution is 9.10. The summed E-state index contributed by atoms with van der Waals surface area (Å²) in [6.07, 6.45) is 3.68. The standard InChI is InChI=1S/C22H26BrN/c1-17-20(12-13-24(2)16-19-6-4-3-5-7-19)15-21(17)14-18-8-10-22(23)11-9-18/h3-11,20-21H,1,12-16H2,2H3/t20-,21-/m1/s1. The van der Waals surface area contributed by atoms with E-state index in [0.717, 1.165) is 24.0 Å². The van der Waals surface area contributed by atoms with Crippen molar-refractivity contribution >= 4 is 15.9 Å². The molecule has 0 bridgehead atoms. The summed E-state index contributed by atoms with van der Waals surface area (Å²) in [7, 11) is 2.22. The van der Waals surface area contributed by atoms with Gasteiger partial charge in [-0.05, 0) is 68.0 Å². The van der Waals surface area contributed by atoms with Crippen molar-refractivity contribution in [3.63, 3.8) is 0 Å². The molecule has 1 aliphatic carbocycles. The second kappa shape index (κ2) is 8.13. The van der Waals surface area contributed by atoms with Gasteiger partial charge in [0.05, 0.1) is 0 Å². The fraction of sp³-hybridized carbons (Fsp3) is 0.364. The van der Waals surface area contributed by atoms with Gasteiger partial charge in [0, 0.05) is 11.0 Å². The molecule has 0 spiro atoms. The van der Waals surface area contributed by atoms with Crippen molar-refractivity contribution in [3.05, 3.63) is 82.3 Å². The van der Waals surface area contributed by atoms with Crippen LogP contribution in [0.3, 0.4) is 0 Å². The zero-order valence-electron chi connectivity index (χ0n) is 14.4. The normalized spacial score (nSPS) is 20.2. The quantitative estimate of drug-likeness (QED) is 0.553. The van der Waals surface area contributed by atoms with E-state index in [0.29, 0.717) is 11.8 Å². The van der Waals surface area contributed by atoms with Crippen LogP contribution in [0.1, 0.15) is 24.0 Å². The summed E-state index contributed by atoms with van der Waals surface area (Å²) in [4.78, 5) is 2.42. The molecule has 0 aromatic heterocycles. The fourth-order valence-corrected chi connectivity index (χ4v) is 3.86. The Hall–Kier alpha value is -1.38. The first kappa shape index (κ1) is 17.4. The lowest BCUT2D eigenvalue weighted by molar-refractivity contribution is 0.243. The molecule has 0 radical (unpaired) electrons. The van der Waals surface area contributed by atoms with Crippen LogP contribution < -0.4 is 0 Å². The molecule has 0 aliphatic heterocycles. The first-order valence-corrected chi connectivity index (χ1v) is 9.56. The van der Waals surface area contributed by atoms with Crippen molar-refractivity contribution in [1.29, 1.82) is 0 Å². The number of benzene rings is 2. The van der Waals surface area contributed by atoms with Crippen LogP contribution in [0.4, 0.5) is 0 Å². The lowest BCUT2D eigenvalue weighted by atomic mass is 9.67. The first-order valence-electron chi connectivity index (χ1n) is 8.77. The maximum Gasteiger partial charge on any atom is 0.0230 e. The number of hydrogen-bond donors (Lipinski definition) is 0. The fourth-order valence-electron chi connectivity index (χ4n) is 3.59. The monoisotopic (exact) mass is 383 g/mol. The Morgan fingerprint density at radius 2 is 1.71 bits per heavy atom. The number of halogens is 1. The summed E-state index contributed by atoms with van der Waals surface area (Å²) < 4.78 is 1.15. The minimum Gasteiger partial charge on any atom is -0.302 e. The molecule has 2 aromatic carbocycles. The van der Waals surface area contributed by atoms with Gasteiger partial charge >= 0.3 is 0 Å². The highest BCUT2D eigenvalue weighted by atomic mass is 79.9. The van der Waals surface area contributed by atoms with E-state index in [1.165, 1.54) is 29.5 Å². The molecular weight excluding hydrogens is 358 g/mol. The Morgan fingerprint density at radius 3 is 2.38 bits per heavy atom. The molecule has 0 amide bonds. The number of rotatable bonds is 7. The molecule has 2 atom stereocenters. The zero-order chi connectivity index (χ0) is 16.9. The molecule has 1 fully saturated rings. The molecule has 0 N–H and O–H groups in total. The van der Waals surface area contributed by atoms with Crippen LogP contribution in [0.25, 0.3) is 0 Å². The SMILES string of the molecule is C=C1[C@H](CCN(C)Cc2ccccc2)C[C@H]1Cc1ccc(Br)cc1. The van der Waals surface area contributed by atoms with Crippen LogP contribution in [-0.4, -0.2) is 18.5 Å².